The Balaban J connectivity index is 1.45. The van der Waals surface area contributed by atoms with E-state index in [4.69, 9.17) is 4.42 Å². The van der Waals surface area contributed by atoms with Crippen molar-refractivity contribution in [2.45, 2.75) is 45.8 Å². The van der Waals surface area contributed by atoms with Crippen LogP contribution in [0.25, 0.3) is 0 Å². The minimum atomic E-state index is 0.513. The Labute approximate surface area is 128 Å². The van der Waals surface area contributed by atoms with Crippen LogP contribution in [-0.4, -0.2) is 48.6 Å². The molecule has 3 rings (SSSR count). The van der Waals surface area contributed by atoms with E-state index in [0.717, 1.165) is 24.8 Å². The Morgan fingerprint density at radius 3 is 2.57 bits per heavy atom. The molecule has 1 aromatic heterocycles. The van der Waals surface area contributed by atoms with Gasteiger partial charge in [0.15, 0.2) is 0 Å². The average Bonchev–Trinajstić information content (AvgIpc) is 3.17. The molecular weight excluding hydrogens is 262 g/mol. The molecule has 0 amide bonds. The van der Waals surface area contributed by atoms with Crippen LogP contribution in [0.4, 0.5) is 0 Å². The molecule has 21 heavy (non-hydrogen) atoms. The van der Waals surface area contributed by atoms with Crippen molar-refractivity contribution in [3.05, 3.63) is 23.7 Å². The number of nitrogens with zero attached hydrogens (tertiary/aromatic N) is 2. The van der Waals surface area contributed by atoms with E-state index in [-0.39, 0.29) is 0 Å². The fourth-order valence-electron chi connectivity index (χ4n) is 2.98. The van der Waals surface area contributed by atoms with Crippen molar-refractivity contribution in [3.8, 4) is 0 Å². The summed E-state index contributed by atoms with van der Waals surface area (Å²) in [4.78, 5) is 5.17. The van der Waals surface area contributed by atoms with Crippen LogP contribution >= 0.6 is 0 Å². The zero-order chi connectivity index (χ0) is 14.7. The van der Waals surface area contributed by atoms with Crippen molar-refractivity contribution in [1.82, 2.24) is 15.1 Å². The minimum Gasteiger partial charge on any atom is -0.468 e. The highest BCUT2D eigenvalue weighted by atomic mass is 16.3. The van der Waals surface area contributed by atoms with Crippen LogP contribution < -0.4 is 5.32 Å². The Morgan fingerprint density at radius 2 is 1.90 bits per heavy atom. The summed E-state index contributed by atoms with van der Waals surface area (Å²) in [7, 11) is 0. The molecule has 0 spiro atoms. The van der Waals surface area contributed by atoms with Crippen molar-refractivity contribution in [1.29, 1.82) is 0 Å². The molecule has 1 aromatic rings. The lowest BCUT2D eigenvalue weighted by Gasteiger charge is -2.34. The zero-order valence-electron chi connectivity index (χ0n) is 13.5. The molecule has 1 aliphatic heterocycles. The zero-order valence-corrected chi connectivity index (χ0v) is 13.5. The molecule has 1 saturated carbocycles. The van der Waals surface area contributed by atoms with Crippen LogP contribution in [-0.2, 0) is 13.1 Å². The van der Waals surface area contributed by atoms with Gasteiger partial charge >= 0.3 is 0 Å². The molecule has 118 valence electrons. The maximum atomic E-state index is 5.71. The van der Waals surface area contributed by atoms with Crippen molar-refractivity contribution in [3.63, 3.8) is 0 Å². The number of furan rings is 1. The van der Waals surface area contributed by atoms with Crippen LogP contribution in [0.3, 0.4) is 0 Å². The lowest BCUT2D eigenvalue weighted by molar-refractivity contribution is 0.117. The smallest absolute Gasteiger partial charge is 0.122 e. The number of hydrogen-bond acceptors (Lipinski definition) is 4. The van der Waals surface area contributed by atoms with Gasteiger partial charge in [0.25, 0.3) is 0 Å². The van der Waals surface area contributed by atoms with Gasteiger partial charge in [-0.05, 0) is 24.8 Å². The van der Waals surface area contributed by atoms with Crippen LogP contribution in [0.15, 0.2) is 16.7 Å². The van der Waals surface area contributed by atoms with Gasteiger partial charge in [-0.25, -0.2) is 0 Å². The molecule has 2 heterocycles. The van der Waals surface area contributed by atoms with Crippen molar-refractivity contribution in [2.24, 2.45) is 5.92 Å². The molecule has 1 N–H and O–H groups in total. The molecule has 4 nitrogen and oxygen atoms in total. The quantitative estimate of drug-likeness (QED) is 0.835. The standard InChI is InChI=1S/C17H29N3O/c1-14(2)18-11-16-5-10-21-17(16)13-20-8-6-19(7-9-20)12-15-3-4-15/h5,10,14-15,18H,3-4,6-9,11-13H2,1-2H3. The summed E-state index contributed by atoms with van der Waals surface area (Å²) in [5.74, 6) is 2.15. The maximum absolute atomic E-state index is 5.71. The Kier molecular flexibility index (Phi) is 4.99. The average molecular weight is 291 g/mol. The molecule has 4 heteroatoms. The molecule has 0 aromatic carbocycles. The first-order valence-electron chi connectivity index (χ1n) is 8.44. The number of nitrogens with one attached hydrogen (secondary N) is 1. The van der Waals surface area contributed by atoms with Crippen LogP contribution in [0.2, 0.25) is 0 Å². The largest absolute Gasteiger partial charge is 0.468 e. The Bertz CT molecular complexity index is 431. The first kappa shape index (κ1) is 15.1. The van der Waals surface area contributed by atoms with Crippen LogP contribution in [0.1, 0.15) is 38.0 Å². The molecular formula is C17H29N3O. The highest BCUT2D eigenvalue weighted by Crippen LogP contribution is 2.30. The lowest BCUT2D eigenvalue weighted by Crippen LogP contribution is -2.46. The number of piperazine rings is 1. The summed E-state index contributed by atoms with van der Waals surface area (Å²) in [6, 6.07) is 2.62. The van der Waals surface area contributed by atoms with Gasteiger partial charge in [-0.3, -0.25) is 4.90 Å². The topological polar surface area (TPSA) is 31.7 Å². The second-order valence-corrected chi connectivity index (χ2v) is 6.92. The van der Waals surface area contributed by atoms with E-state index >= 15 is 0 Å². The van der Waals surface area contributed by atoms with Gasteiger partial charge in [0.05, 0.1) is 12.8 Å². The highest BCUT2D eigenvalue weighted by Gasteiger charge is 2.26. The fraction of sp³-hybridized carbons (Fsp3) is 0.765. The molecule has 0 bridgehead atoms. The molecule has 2 aliphatic rings. The van der Waals surface area contributed by atoms with Gasteiger partial charge in [-0.2, -0.15) is 0 Å². The summed E-state index contributed by atoms with van der Waals surface area (Å²) in [5, 5.41) is 3.47. The molecule has 1 saturated heterocycles. The first-order valence-corrected chi connectivity index (χ1v) is 8.44. The van der Waals surface area contributed by atoms with E-state index in [1.807, 2.05) is 6.26 Å². The first-order chi connectivity index (χ1) is 10.2. The molecule has 0 atom stereocenters. The maximum Gasteiger partial charge on any atom is 0.122 e. The molecule has 0 radical (unpaired) electrons. The van der Waals surface area contributed by atoms with Gasteiger partial charge in [-0.1, -0.05) is 13.8 Å². The summed E-state index contributed by atoms with van der Waals surface area (Å²) in [6.45, 7) is 12.3. The summed E-state index contributed by atoms with van der Waals surface area (Å²) in [5.41, 5.74) is 1.31. The van der Waals surface area contributed by atoms with Gasteiger partial charge in [0.1, 0.15) is 5.76 Å². The monoisotopic (exact) mass is 291 g/mol. The van der Waals surface area contributed by atoms with Crippen LogP contribution in [0.5, 0.6) is 0 Å². The summed E-state index contributed by atoms with van der Waals surface area (Å²) in [6.07, 6.45) is 4.74. The van der Waals surface area contributed by atoms with E-state index in [2.05, 4.69) is 35.0 Å². The molecule has 1 aliphatic carbocycles. The predicted molar refractivity (Wildman–Crippen MR) is 85.1 cm³/mol. The van der Waals surface area contributed by atoms with Crippen molar-refractivity contribution in [2.75, 3.05) is 32.7 Å². The number of rotatable bonds is 7. The highest BCUT2D eigenvalue weighted by molar-refractivity contribution is 5.17. The van der Waals surface area contributed by atoms with Gasteiger partial charge in [0.2, 0.25) is 0 Å². The van der Waals surface area contributed by atoms with Gasteiger partial charge in [-0.15, -0.1) is 0 Å². The lowest BCUT2D eigenvalue weighted by atomic mass is 10.2. The minimum absolute atomic E-state index is 0.513. The third kappa shape index (κ3) is 4.56. The van der Waals surface area contributed by atoms with E-state index in [9.17, 15) is 0 Å². The third-order valence-electron chi connectivity index (χ3n) is 4.58. The van der Waals surface area contributed by atoms with E-state index in [1.54, 1.807) is 0 Å². The molecule has 2 fully saturated rings. The van der Waals surface area contributed by atoms with Gasteiger partial charge in [0, 0.05) is 50.9 Å². The Hall–Kier alpha value is -0.840. The van der Waals surface area contributed by atoms with E-state index in [0.29, 0.717) is 6.04 Å². The second-order valence-electron chi connectivity index (χ2n) is 6.92. The van der Waals surface area contributed by atoms with Crippen LogP contribution in [0, 0.1) is 5.92 Å². The van der Waals surface area contributed by atoms with E-state index < -0.39 is 0 Å². The summed E-state index contributed by atoms with van der Waals surface area (Å²) >= 11 is 0. The van der Waals surface area contributed by atoms with Gasteiger partial charge < -0.3 is 14.6 Å². The van der Waals surface area contributed by atoms with E-state index in [1.165, 1.54) is 51.1 Å². The van der Waals surface area contributed by atoms with Crippen molar-refractivity contribution >= 4 is 0 Å². The Morgan fingerprint density at radius 1 is 1.19 bits per heavy atom. The normalized spacial score (nSPS) is 21.3. The van der Waals surface area contributed by atoms with Crippen molar-refractivity contribution < 1.29 is 4.42 Å². The summed E-state index contributed by atoms with van der Waals surface area (Å²) < 4.78 is 5.71. The third-order valence-corrected chi connectivity index (χ3v) is 4.58. The molecule has 0 unspecified atom stereocenters. The fourth-order valence-corrected chi connectivity index (χ4v) is 2.98. The second kappa shape index (κ2) is 6.95. The number of hydrogen-bond donors (Lipinski definition) is 1. The predicted octanol–water partition coefficient (Wildman–Crippen LogP) is 2.31. The SMILES string of the molecule is CC(C)NCc1ccoc1CN1CCN(CC2CC2)CC1.